The molecule has 0 unspecified atom stereocenters. The number of amides is 1. The topological polar surface area (TPSA) is 105 Å². The van der Waals surface area contributed by atoms with Gasteiger partial charge in [0.25, 0.3) is 0 Å². The molecule has 3 atom stereocenters. The lowest BCUT2D eigenvalue weighted by molar-refractivity contribution is -0.129. The Balaban J connectivity index is 1.48. The van der Waals surface area contributed by atoms with Crippen LogP contribution in [0.25, 0.3) is 0 Å². The fraction of sp³-hybridized carbons (Fsp3) is 0.632. The number of ether oxygens (including phenoxy) is 1. The van der Waals surface area contributed by atoms with E-state index in [1.165, 1.54) is 0 Å². The third kappa shape index (κ3) is 5.28. The van der Waals surface area contributed by atoms with E-state index in [4.69, 9.17) is 4.74 Å². The van der Waals surface area contributed by atoms with E-state index in [9.17, 15) is 18.3 Å². The van der Waals surface area contributed by atoms with Crippen molar-refractivity contribution in [2.24, 2.45) is 5.92 Å². The van der Waals surface area contributed by atoms with Crippen molar-refractivity contribution in [3.63, 3.8) is 0 Å². The van der Waals surface area contributed by atoms with Gasteiger partial charge in [0.2, 0.25) is 15.9 Å². The molecule has 1 aromatic rings. The molecule has 0 spiro atoms. The van der Waals surface area contributed by atoms with E-state index in [1.54, 1.807) is 31.2 Å². The summed E-state index contributed by atoms with van der Waals surface area (Å²) in [6.45, 7) is 1.86. The molecule has 0 radical (unpaired) electrons. The standard InChI is InChI=1S/C19H28N2O5S/c1-13-4-2-3-5-18(13)27(24,25)20-11-10-15-8-9-16(17(12-22)26-15)21-19(23)14-6-7-14/h2-5,14-17,20,22H,6-12H2,1H3,(H,21,23)/t15-,16-,17-/m0/s1. The molecule has 1 saturated carbocycles. The van der Waals surface area contributed by atoms with Gasteiger partial charge in [0.15, 0.2) is 0 Å². The number of nitrogens with one attached hydrogen (secondary N) is 2. The first-order valence-corrected chi connectivity index (χ1v) is 11.0. The number of aryl methyl sites for hydroxylation is 1. The molecule has 1 saturated heterocycles. The molecular weight excluding hydrogens is 368 g/mol. The summed E-state index contributed by atoms with van der Waals surface area (Å²) in [5.41, 5.74) is 0.702. The molecule has 1 aliphatic heterocycles. The molecule has 3 N–H and O–H groups in total. The summed E-state index contributed by atoms with van der Waals surface area (Å²) < 4.78 is 33.4. The number of benzene rings is 1. The highest BCUT2D eigenvalue weighted by Crippen LogP contribution is 2.30. The van der Waals surface area contributed by atoms with Crippen molar-refractivity contribution in [2.45, 2.75) is 62.2 Å². The molecule has 3 rings (SSSR count). The number of rotatable bonds is 8. The highest BCUT2D eigenvalue weighted by molar-refractivity contribution is 7.89. The molecule has 2 aliphatic rings. The largest absolute Gasteiger partial charge is 0.394 e. The Kier molecular flexibility index (Phi) is 6.52. The molecule has 7 nitrogen and oxygen atoms in total. The third-order valence-corrected chi connectivity index (χ3v) is 6.83. The van der Waals surface area contributed by atoms with Crippen LogP contribution >= 0.6 is 0 Å². The lowest BCUT2D eigenvalue weighted by atomic mass is 9.97. The van der Waals surface area contributed by atoms with E-state index in [1.807, 2.05) is 0 Å². The summed E-state index contributed by atoms with van der Waals surface area (Å²) in [6.07, 6.45) is 3.25. The molecule has 0 bridgehead atoms. The van der Waals surface area contributed by atoms with E-state index in [0.717, 1.165) is 25.7 Å². The van der Waals surface area contributed by atoms with Crippen molar-refractivity contribution in [3.05, 3.63) is 29.8 Å². The Bertz CT molecular complexity index is 763. The van der Waals surface area contributed by atoms with Crippen LogP contribution in [0.1, 0.15) is 37.7 Å². The normalized spacial score (nSPS) is 25.9. The van der Waals surface area contributed by atoms with Gasteiger partial charge < -0.3 is 15.2 Å². The van der Waals surface area contributed by atoms with Crippen LogP contribution in [0.3, 0.4) is 0 Å². The summed E-state index contributed by atoms with van der Waals surface area (Å²) in [5, 5.41) is 12.6. The first kappa shape index (κ1) is 20.3. The van der Waals surface area contributed by atoms with Gasteiger partial charge in [0.05, 0.1) is 23.6 Å². The minimum atomic E-state index is -3.55. The summed E-state index contributed by atoms with van der Waals surface area (Å²) in [6, 6.07) is 6.68. The molecule has 1 aliphatic carbocycles. The van der Waals surface area contributed by atoms with Crippen molar-refractivity contribution >= 4 is 15.9 Å². The summed E-state index contributed by atoms with van der Waals surface area (Å²) >= 11 is 0. The SMILES string of the molecule is Cc1ccccc1S(=O)(=O)NCC[C@@H]1CC[C@H](NC(=O)C2CC2)[C@H](CO)O1. The molecule has 1 amide bonds. The molecule has 0 aromatic heterocycles. The van der Waals surface area contributed by atoms with Crippen molar-refractivity contribution in [1.82, 2.24) is 10.0 Å². The van der Waals surface area contributed by atoms with Crippen LogP contribution in [-0.4, -0.2) is 50.8 Å². The van der Waals surface area contributed by atoms with Crippen molar-refractivity contribution in [3.8, 4) is 0 Å². The van der Waals surface area contributed by atoms with Gasteiger partial charge in [0, 0.05) is 12.5 Å². The molecule has 1 aromatic carbocycles. The van der Waals surface area contributed by atoms with Gasteiger partial charge in [-0.25, -0.2) is 13.1 Å². The lowest BCUT2D eigenvalue weighted by Gasteiger charge is -2.36. The van der Waals surface area contributed by atoms with Gasteiger partial charge in [0.1, 0.15) is 6.10 Å². The molecule has 2 fully saturated rings. The lowest BCUT2D eigenvalue weighted by Crippen LogP contribution is -2.51. The van der Waals surface area contributed by atoms with Gasteiger partial charge in [-0.3, -0.25) is 4.79 Å². The van der Waals surface area contributed by atoms with Crippen LogP contribution in [0.2, 0.25) is 0 Å². The summed E-state index contributed by atoms with van der Waals surface area (Å²) in [7, 11) is -3.55. The van der Waals surface area contributed by atoms with Gasteiger partial charge in [-0.05, 0) is 50.7 Å². The minimum Gasteiger partial charge on any atom is -0.394 e. The fourth-order valence-electron chi connectivity index (χ4n) is 3.45. The van der Waals surface area contributed by atoms with Crippen LogP contribution in [0.15, 0.2) is 29.2 Å². The molecular formula is C19H28N2O5S. The zero-order valence-corrected chi connectivity index (χ0v) is 16.4. The number of hydrogen-bond donors (Lipinski definition) is 3. The van der Waals surface area contributed by atoms with E-state index < -0.39 is 16.1 Å². The second-order valence-electron chi connectivity index (χ2n) is 7.40. The predicted molar refractivity (Wildman–Crippen MR) is 101 cm³/mol. The van der Waals surface area contributed by atoms with Crippen molar-refractivity contribution in [1.29, 1.82) is 0 Å². The van der Waals surface area contributed by atoms with Gasteiger partial charge >= 0.3 is 0 Å². The number of sulfonamides is 1. The van der Waals surface area contributed by atoms with E-state index in [2.05, 4.69) is 10.0 Å². The monoisotopic (exact) mass is 396 g/mol. The maximum absolute atomic E-state index is 12.4. The summed E-state index contributed by atoms with van der Waals surface area (Å²) in [5.74, 6) is 0.171. The fourth-order valence-corrected chi connectivity index (χ4v) is 4.74. The maximum Gasteiger partial charge on any atom is 0.240 e. The van der Waals surface area contributed by atoms with Crippen LogP contribution in [-0.2, 0) is 19.6 Å². The molecule has 27 heavy (non-hydrogen) atoms. The first-order valence-electron chi connectivity index (χ1n) is 9.52. The Labute approximate surface area is 160 Å². The third-order valence-electron chi connectivity index (χ3n) is 5.21. The first-order chi connectivity index (χ1) is 12.9. The average Bonchev–Trinajstić information content (AvgIpc) is 3.48. The van der Waals surface area contributed by atoms with Crippen LogP contribution in [0.4, 0.5) is 0 Å². The van der Waals surface area contributed by atoms with Gasteiger partial charge in [-0.1, -0.05) is 18.2 Å². The van der Waals surface area contributed by atoms with Crippen molar-refractivity contribution in [2.75, 3.05) is 13.2 Å². The zero-order chi connectivity index (χ0) is 19.4. The van der Waals surface area contributed by atoms with Gasteiger partial charge in [-0.15, -0.1) is 0 Å². The van der Waals surface area contributed by atoms with Crippen molar-refractivity contribution < 1.29 is 23.1 Å². The summed E-state index contributed by atoms with van der Waals surface area (Å²) in [4.78, 5) is 12.2. The average molecular weight is 397 g/mol. The predicted octanol–water partition coefficient (Wildman–Crippen LogP) is 1.10. The second-order valence-corrected chi connectivity index (χ2v) is 9.13. The van der Waals surface area contributed by atoms with Gasteiger partial charge in [-0.2, -0.15) is 0 Å². The number of aliphatic hydroxyl groups excluding tert-OH is 1. The zero-order valence-electron chi connectivity index (χ0n) is 15.6. The smallest absolute Gasteiger partial charge is 0.240 e. The highest BCUT2D eigenvalue weighted by Gasteiger charge is 2.36. The Hall–Kier alpha value is -1.48. The number of carbonyl (C=O) groups is 1. The maximum atomic E-state index is 12.4. The second kappa shape index (κ2) is 8.68. The Morgan fingerprint density at radius 3 is 2.63 bits per heavy atom. The molecule has 150 valence electrons. The minimum absolute atomic E-state index is 0.0477. The molecule has 1 heterocycles. The number of aliphatic hydroxyl groups is 1. The van der Waals surface area contributed by atoms with Crippen LogP contribution in [0.5, 0.6) is 0 Å². The number of carbonyl (C=O) groups excluding carboxylic acids is 1. The highest BCUT2D eigenvalue weighted by atomic mass is 32.2. The number of hydrogen-bond acceptors (Lipinski definition) is 5. The quantitative estimate of drug-likeness (QED) is 0.610. The van der Waals surface area contributed by atoms with E-state index in [0.29, 0.717) is 12.0 Å². The molecule has 8 heteroatoms. The van der Waals surface area contributed by atoms with E-state index >= 15 is 0 Å². The van der Waals surface area contributed by atoms with Crippen LogP contribution in [0, 0.1) is 12.8 Å². The van der Waals surface area contributed by atoms with Crippen LogP contribution < -0.4 is 10.0 Å². The van der Waals surface area contributed by atoms with E-state index in [-0.39, 0.29) is 42.0 Å². The Morgan fingerprint density at radius 1 is 1.22 bits per heavy atom. The Morgan fingerprint density at radius 2 is 1.96 bits per heavy atom.